The summed E-state index contributed by atoms with van der Waals surface area (Å²) in [6.45, 7) is 1.67. The minimum atomic E-state index is -3.82. The second kappa shape index (κ2) is 8.24. The molecule has 0 unspecified atom stereocenters. The third-order valence-electron chi connectivity index (χ3n) is 3.86. The predicted octanol–water partition coefficient (Wildman–Crippen LogP) is 3.99. The third-order valence-corrected chi connectivity index (χ3v) is 5.65. The van der Waals surface area contributed by atoms with Crippen LogP contribution in [0.25, 0.3) is 0 Å². The van der Waals surface area contributed by atoms with Crippen LogP contribution in [0.15, 0.2) is 82.6 Å². The van der Waals surface area contributed by atoms with Gasteiger partial charge in [0, 0.05) is 6.07 Å². The molecule has 0 aliphatic carbocycles. The number of sulfone groups is 1. The SMILES string of the molecule is Cc1ccc(S(=O)(=O)c2cc(Oc3ccccc3)ccc2OCCO)cc1. The van der Waals surface area contributed by atoms with E-state index in [9.17, 15) is 8.42 Å². The monoisotopic (exact) mass is 384 g/mol. The highest BCUT2D eigenvalue weighted by molar-refractivity contribution is 7.91. The van der Waals surface area contributed by atoms with Crippen LogP contribution in [0.3, 0.4) is 0 Å². The van der Waals surface area contributed by atoms with Crippen molar-refractivity contribution in [3.63, 3.8) is 0 Å². The summed E-state index contributed by atoms with van der Waals surface area (Å²) in [6, 6.07) is 20.3. The smallest absolute Gasteiger partial charge is 0.210 e. The van der Waals surface area contributed by atoms with Gasteiger partial charge in [0.15, 0.2) is 0 Å². The second-order valence-corrected chi connectivity index (χ2v) is 7.83. The molecular weight excluding hydrogens is 364 g/mol. The fourth-order valence-electron chi connectivity index (χ4n) is 2.51. The molecule has 5 nitrogen and oxygen atoms in total. The van der Waals surface area contributed by atoms with E-state index in [0.717, 1.165) is 5.56 Å². The lowest BCUT2D eigenvalue weighted by atomic mass is 10.2. The van der Waals surface area contributed by atoms with Crippen LogP contribution in [0.4, 0.5) is 0 Å². The van der Waals surface area contributed by atoms with Gasteiger partial charge in [-0.1, -0.05) is 35.9 Å². The van der Waals surface area contributed by atoms with Crippen molar-refractivity contribution < 1.29 is 23.0 Å². The molecule has 0 radical (unpaired) electrons. The number of para-hydroxylation sites is 1. The summed E-state index contributed by atoms with van der Waals surface area (Å²) in [6.07, 6.45) is 0. The molecule has 27 heavy (non-hydrogen) atoms. The van der Waals surface area contributed by atoms with Gasteiger partial charge in [0.25, 0.3) is 0 Å². The fraction of sp³-hybridized carbons (Fsp3) is 0.143. The molecule has 0 heterocycles. The highest BCUT2D eigenvalue weighted by Gasteiger charge is 2.23. The Morgan fingerprint density at radius 2 is 1.59 bits per heavy atom. The van der Waals surface area contributed by atoms with Crippen molar-refractivity contribution in [3.8, 4) is 17.2 Å². The highest BCUT2D eigenvalue weighted by atomic mass is 32.2. The molecule has 140 valence electrons. The van der Waals surface area contributed by atoms with E-state index in [1.165, 1.54) is 12.1 Å². The standard InChI is InChI=1S/C21H20O5S/c1-16-7-10-19(11-8-16)27(23,24)21-15-18(9-12-20(21)25-14-13-22)26-17-5-3-2-4-6-17/h2-12,15,22H,13-14H2,1H3. The highest BCUT2D eigenvalue weighted by Crippen LogP contribution is 2.34. The van der Waals surface area contributed by atoms with Crippen LogP contribution in [0.2, 0.25) is 0 Å². The molecule has 0 aliphatic heterocycles. The first kappa shape index (κ1) is 18.9. The lowest BCUT2D eigenvalue weighted by Gasteiger charge is -2.14. The van der Waals surface area contributed by atoms with E-state index >= 15 is 0 Å². The molecule has 3 rings (SSSR count). The first-order valence-electron chi connectivity index (χ1n) is 8.43. The zero-order chi connectivity index (χ0) is 19.3. The summed E-state index contributed by atoms with van der Waals surface area (Å²) < 4.78 is 37.5. The van der Waals surface area contributed by atoms with Crippen LogP contribution in [-0.4, -0.2) is 26.7 Å². The normalized spacial score (nSPS) is 11.2. The quantitative estimate of drug-likeness (QED) is 0.667. The first-order chi connectivity index (χ1) is 13.0. The van der Waals surface area contributed by atoms with Crippen LogP contribution in [-0.2, 0) is 9.84 Å². The van der Waals surface area contributed by atoms with E-state index in [0.29, 0.717) is 11.5 Å². The molecule has 0 saturated carbocycles. The molecule has 3 aromatic carbocycles. The van der Waals surface area contributed by atoms with Gasteiger partial charge in [0.1, 0.15) is 28.8 Å². The lowest BCUT2D eigenvalue weighted by molar-refractivity contribution is 0.198. The molecule has 0 amide bonds. The van der Waals surface area contributed by atoms with Crippen LogP contribution in [0, 0.1) is 6.92 Å². The van der Waals surface area contributed by atoms with Crippen molar-refractivity contribution in [1.82, 2.24) is 0 Å². The Hall–Kier alpha value is -2.83. The van der Waals surface area contributed by atoms with Gasteiger partial charge in [-0.2, -0.15) is 0 Å². The Bertz CT molecular complexity index is 997. The minimum Gasteiger partial charge on any atom is -0.490 e. The third kappa shape index (κ3) is 4.48. The zero-order valence-corrected chi connectivity index (χ0v) is 15.6. The van der Waals surface area contributed by atoms with Crippen molar-refractivity contribution in [2.75, 3.05) is 13.2 Å². The number of aliphatic hydroxyl groups excluding tert-OH is 1. The van der Waals surface area contributed by atoms with Gasteiger partial charge in [-0.15, -0.1) is 0 Å². The van der Waals surface area contributed by atoms with E-state index in [1.54, 1.807) is 42.5 Å². The number of aliphatic hydroxyl groups is 1. The van der Waals surface area contributed by atoms with E-state index < -0.39 is 9.84 Å². The maximum absolute atomic E-state index is 13.1. The van der Waals surface area contributed by atoms with Crippen LogP contribution < -0.4 is 9.47 Å². The number of hydrogen-bond donors (Lipinski definition) is 1. The van der Waals surface area contributed by atoms with Crippen molar-refractivity contribution in [1.29, 1.82) is 0 Å². The maximum atomic E-state index is 13.1. The summed E-state index contributed by atoms with van der Waals surface area (Å²) >= 11 is 0. The van der Waals surface area contributed by atoms with Gasteiger partial charge < -0.3 is 14.6 Å². The molecule has 0 fully saturated rings. The molecule has 0 spiro atoms. The number of aryl methyl sites for hydroxylation is 1. The van der Waals surface area contributed by atoms with Crippen molar-refractivity contribution >= 4 is 9.84 Å². The van der Waals surface area contributed by atoms with Gasteiger partial charge in [0.2, 0.25) is 9.84 Å². The number of ether oxygens (including phenoxy) is 2. The van der Waals surface area contributed by atoms with E-state index in [1.807, 2.05) is 25.1 Å². The lowest BCUT2D eigenvalue weighted by Crippen LogP contribution is -2.08. The minimum absolute atomic E-state index is 0.00466. The Morgan fingerprint density at radius 1 is 0.889 bits per heavy atom. The molecule has 0 atom stereocenters. The average Bonchev–Trinajstić information content (AvgIpc) is 2.68. The molecule has 6 heteroatoms. The first-order valence-corrected chi connectivity index (χ1v) is 9.91. The second-order valence-electron chi connectivity index (χ2n) is 5.91. The number of rotatable bonds is 7. The van der Waals surface area contributed by atoms with Gasteiger partial charge in [0.05, 0.1) is 11.5 Å². The summed E-state index contributed by atoms with van der Waals surface area (Å²) in [4.78, 5) is 0.159. The number of hydrogen-bond acceptors (Lipinski definition) is 5. The van der Waals surface area contributed by atoms with Crippen molar-refractivity contribution in [2.45, 2.75) is 16.7 Å². The Balaban J connectivity index is 2.04. The summed E-state index contributed by atoms with van der Waals surface area (Å²) in [5, 5.41) is 9.02. The summed E-state index contributed by atoms with van der Waals surface area (Å²) in [7, 11) is -3.82. The van der Waals surface area contributed by atoms with Crippen LogP contribution in [0.5, 0.6) is 17.2 Å². The van der Waals surface area contributed by atoms with Gasteiger partial charge in [-0.05, 0) is 43.3 Å². The molecule has 0 aliphatic rings. The Kier molecular flexibility index (Phi) is 5.78. The Morgan fingerprint density at radius 3 is 2.26 bits per heavy atom. The molecule has 0 saturated heterocycles. The number of benzene rings is 3. The van der Waals surface area contributed by atoms with Crippen LogP contribution in [0.1, 0.15) is 5.56 Å². The molecule has 0 aromatic heterocycles. The van der Waals surface area contributed by atoms with Gasteiger partial charge >= 0.3 is 0 Å². The van der Waals surface area contributed by atoms with Crippen molar-refractivity contribution in [3.05, 3.63) is 78.4 Å². The fourth-order valence-corrected chi connectivity index (χ4v) is 3.92. The Labute approximate surface area is 158 Å². The summed E-state index contributed by atoms with van der Waals surface area (Å²) in [5.74, 6) is 1.15. The van der Waals surface area contributed by atoms with E-state index in [2.05, 4.69) is 0 Å². The van der Waals surface area contributed by atoms with Crippen molar-refractivity contribution in [2.24, 2.45) is 0 Å². The maximum Gasteiger partial charge on any atom is 0.210 e. The molecule has 0 bridgehead atoms. The largest absolute Gasteiger partial charge is 0.490 e. The van der Waals surface area contributed by atoms with Gasteiger partial charge in [-0.25, -0.2) is 8.42 Å². The predicted molar refractivity (Wildman–Crippen MR) is 102 cm³/mol. The van der Waals surface area contributed by atoms with E-state index in [-0.39, 0.29) is 28.8 Å². The molecule has 3 aromatic rings. The van der Waals surface area contributed by atoms with Crippen LogP contribution >= 0.6 is 0 Å². The average molecular weight is 384 g/mol. The molecule has 1 N–H and O–H groups in total. The zero-order valence-electron chi connectivity index (χ0n) is 14.8. The summed E-state index contributed by atoms with van der Waals surface area (Å²) in [5.41, 5.74) is 0.965. The van der Waals surface area contributed by atoms with Gasteiger partial charge in [-0.3, -0.25) is 0 Å². The topological polar surface area (TPSA) is 72.8 Å². The molecular formula is C21H20O5S. The van der Waals surface area contributed by atoms with E-state index in [4.69, 9.17) is 14.6 Å².